The van der Waals surface area contributed by atoms with Gasteiger partial charge in [0.25, 0.3) is 0 Å². The van der Waals surface area contributed by atoms with Gasteiger partial charge in [-0.2, -0.15) is 0 Å². The molecule has 4 aliphatic carbocycles. The minimum absolute atomic E-state index is 0.191. The first kappa shape index (κ1) is 16.2. The molecule has 8 unspecified atom stereocenters. The topological polar surface area (TPSA) is 26.0 Å². The fourth-order valence-electron chi connectivity index (χ4n) is 7.68. The summed E-state index contributed by atoms with van der Waals surface area (Å²) in [6, 6.07) is 0. The molecule has 0 amide bonds. The summed E-state index contributed by atoms with van der Waals surface area (Å²) < 4.78 is 0. The molecule has 1 nitrogen and oxygen atoms in total. The van der Waals surface area contributed by atoms with E-state index in [0.717, 1.165) is 41.4 Å². The third kappa shape index (κ3) is 2.53. The number of rotatable bonds is 2. The van der Waals surface area contributed by atoms with Gasteiger partial charge in [0.1, 0.15) is 0 Å². The van der Waals surface area contributed by atoms with Crippen LogP contribution in [0, 0.1) is 41.4 Å². The smallest absolute Gasteiger partial charge is 0.0188 e. The maximum Gasteiger partial charge on any atom is 0.0188 e. The van der Waals surface area contributed by atoms with Gasteiger partial charge in [-0.05, 0) is 99.2 Å². The maximum absolute atomic E-state index is 6.98. The molecule has 2 N–H and O–H groups in total. The van der Waals surface area contributed by atoms with E-state index in [1.165, 1.54) is 64.2 Å². The average molecular weight is 316 g/mol. The van der Waals surface area contributed by atoms with Crippen LogP contribution in [0.5, 0.6) is 0 Å². The van der Waals surface area contributed by atoms with Crippen molar-refractivity contribution >= 4 is 0 Å². The van der Waals surface area contributed by atoms with Crippen molar-refractivity contribution in [1.29, 1.82) is 0 Å². The molecule has 0 heterocycles. The Kier molecular flexibility index (Phi) is 4.15. The Morgan fingerprint density at radius 3 is 2.43 bits per heavy atom. The Morgan fingerprint density at radius 2 is 1.65 bits per heavy atom. The third-order valence-corrected chi connectivity index (χ3v) is 8.69. The minimum Gasteiger partial charge on any atom is -0.325 e. The van der Waals surface area contributed by atoms with Gasteiger partial charge >= 0.3 is 0 Å². The van der Waals surface area contributed by atoms with E-state index in [4.69, 9.17) is 5.73 Å². The predicted molar refractivity (Wildman–Crippen MR) is 98.0 cm³/mol. The number of nitrogens with two attached hydrogens (primary N) is 1. The molecule has 4 saturated carbocycles. The van der Waals surface area contributed by atoms with Crippen LogP contribution in [-0.4, -0.2) is 5.54 Å². The Balaban J connectivity index is 1.53. The van der Waals surface area contributed by atoms with Gasteiger partial charge in [-0.15, -0.1) is 0 Å². The van der Waals surface area contributed by atoms with Crippen molar-refractivity contribution in [3.8, 4) is 0 Å². The van der Waals surface area contributed by atoms with E-state index in [-0.39, 0.29) is 5.54 Å². The summed E-state index contributed by atoms with van der Waals surface area (Å²) in [7, 11) is 0. The highest BCUT2D eigenvalue weighted by Gasteiger charge is 2.55. The lowest BCUT2D eigenvalue weighted by molar-refractivity contribution is -0.0448. The first-order valence-corrected chi connectivity index (χ1v) is 10.5. The van der Waals surface area contributed by atoms with Gasteiger partial charge in [-0.1, -0.05) is 32.4 Å². The molecule has 0 saturated heterocycles. The molecule has 0 aliphatic heterocycles. The van der Waals surface area contributed by atoms with Crippen LogP contribution in [0.3, 0.4) is 0 Å². The lowest BCUT2D eigenvalue weighted by Crippen LogP contribution is -2.59. The number of hydrogen-bond acceptors (Lipinski definition) is 1. The molecule has 0 aromatic carbocycles. The Morgan fingerprint density at radius 1 is 0.957 bits per heavy atom. The summed E-state index contributed by atoms with van der Waals surface area (Å²) in [5.41, 5.74) is 8.72. The van der Waals surface area contributed by atoms with E-state index in [1.54, 1.807) is 5.57 Å². The molecule has 23 heavy (non-hydrogen) atoms. The van der Waals surface area contributed by atoms with Gasteiger partial charge in [-0.25, -0.2) is 0 Å². The molecule has 4 fully saturated rings. The second kappa shape index (κ2) is 5.90. The summed E-state index contributed by atoms with van der Waals surface area (Å²) in [6.45, 7) is 9.14. The van der Waals surface area contributed by atoms with Crippen molar-refractivity contribution in [3.05, 3.63) is 12.2 Å². The normalized spacial score (nSPS) is 52.4. The molecule has 0 spiro atoms. The Labute approximate surface area is 143 Å². The molecule has 1 heteroatoms. The SMILES string of the molecule is C=C(CC)C1CCC2C1CCC1C2CCC2(N)CC(C)CCC12. The van der Waals surface area contributed by atoms with Gasteiger partial charge in [0, 0.05) is 5.54 Å². The van der Waals surface area contributed by atoms with Crippen LogP contribution in [-0.2, 0) is 0 Å². The highest BCUT2D eigenvalue weighted by atomic mass is 14.8. The summed E-state index contributed by atoms with van der Waals surface area (Å²) in [6.07, 6.45) is 13.9. The molecule has 4 rings (SSSR count). The molecule has 0 radical (unpaired) electrons. The van der Waals surface area contributed by atoms with Gasteiger partial charge in [0.15, 0.2) is 0 Å². The van der Waals surface area contributed by atoms with Gasteiger partial charge in [0.2, 0.25) is 0 Å². The van der Waals surface area contributed by atoms with Crippen LogP contribution >= 0.6 is 0 Å². The number of hydrogen-bond donors (Lipinski definition) is 1. The summed E-state index contributed by atoms with van der Waals surface area (Å²) >= 11 is 0. The van der Waals surface area contributed by atoms with Gasteiger partial charge in [0.05, 0.1) is 0 Å². The molecule has 0 aromatic heterocycles. The van der Waals surface area contributed by atoms with Crippen LogP contribution in [0.25, 0.3) is 0 Å². The molecule has 4 aliphatic rings. The zero-order chi connectivity index (χ0) is 16.2. The van der Waals surface area contributed by atoms with Crippen molar-refractivity contribution in [3.63, 3.8) is 0 Å². The fourth-order valence-corrected chi connectivity index (χ4v) is 7.68. The van der Waals surface area contributed by atoms with Crippen molar-refractivity contribution in [2.24, 2.45) is 47.2 Å². The van der Waals surface area contributed by atoms with Crippen molar-refractivity contribution in [2.45, 2.75) is 83.6 Å². The lowest BCUT2D eigenvalue weighted by atomic mass is 9.50. The number of allylic oxidation sites excluding steroid dienone is 1. The highest BCUT2D eigenvalue weighted by molar-refractivity contribution is 5.12. The zero-order valence-corrected chi connectivity index (χ0v) is 15.4. The van der Waals surface area contributed by atoms with E-state index in [1.807, 2.05) is 0 Å². The Hall–Kier alpha value is -0.300. The van der Waals surface area contributed by atoms with E-state index < -0.39 is 0 Å². The maximum atomic E-state index is 6.98. The highest BCUT2D eigenvalue weighted by Crippen LogP contribution is 2.60. The second-order valence-corrected chi connectivity index (χ2v) is 9.69. The van der Waals surface area contributed by atoms with Crippen molar-refractivity contribution < 1.29 is 0 Å². The first-order valence-electron chi connectivity index (χ1n) is 10.5. The van der Waals surface area contributed by atoms with Crippen LogP contribution < -0.4 is 5.73 Å². The van der Waals surface area contributed by atoms with Crippen LogP contribution in [0.2, 0.25) is 0 Å². The average Bonchev–Trinajstić information content (AvgIpc) is 2.96. The Bertz CT molecular complexity index is 469. The largest absolute Gasteiger partial charge is 0.325 e. The molecule has 0 bridgehead atoms. The molecular formula is C22H37N. The standard InChI is InChI=1S/C22H37N/c1-4-15(3)16-6-7-18-17(16)8-9-20-19(18)11-12-22(23)13-14(2)5-10-21(20)22/h14,16-21H,3-13,23H2,1-2H3. The predicted octanol–water partition coefficient (Wildman–Crippen LogP) is 5.55. The third-order valence-electron chi connectivity index (χ3n) is 8.69. The molecule has 8 atom stereocenters. The summed E-state index contributed by atoms with van der Waals surface area (Å²) in [5.74, 6) is 6.47. The van der Waals surface area contributed by atoms with Crippen molar-refractivity contribution in [1.82, 2.24) is 0 Å². The van der Waals surface area contributed by atoms with Crippen LogP contribution in [0.4, 0.5) is 0 Å². The quantitative estimate of drug-likeness (QED) is 0.664. The molecule has 130 valence electrons. The summed E-state index contributed by atoms with van der Waals surface area (Å²) in [5, 5.41) is 0. The lowest BCUT2D eigenvalue weighted by Gasteiger charge is -2.57. The minimum atomic E-state index is 0.191. The monoisotopic (exact) mass is 315 g/mol. The van der Waals surface area contributed by atoms with E-state index >= 15 is 0 Å². The fraction of sp³-hybridized carbons (Fsp3) is 0.909. The van der Waals surface area contributed by atoms with E-state index in [2.05, 4.69) is 20.4 Å². The van der Waals surface area contributed by atoms with Gasteiger partial charge < -0.3 is 5.73 Å². The van der Waals surface area contributed by atoms with Crippen LogP contribution in [0.1, 0.15) is 78.1 Å². The first-order chi connectivity index (χ1) is 11.0. The van der Waals surface area contributed by atoms with E-state index in [9.17, 15) is 0 Å². The van der Waals surface area contributed by atoms with Crippen LogP contribution in [0.15, 0.2) is 12.2 Å². The van der Waals surface area contributed by atoms with Gasteiger partial charge in [-0.3, -0.25) is 0 Å². The summed E-state index contributed by atoms with van der Waals surface area (Å²) in [4.78, 5) is 0. The molecular weight excluding hydrogens is 278 g/mol. The van der Waals surface area contributed by atoms with Crippen molar-refractivity contribution in [2.75, 3.05) is 0 Å². The second-order valence-electron chi connectivity index (χ2n) is 9.69. The van der Waals surface area contributed by atoms with E-state index in [0.29, 0.717) is 0 Å². The zero-order valence-electron chi connectivity index (χ0n) is 15.4. The number of fused-ring (bicyclic) bond motifs is 5. The molecule has 0 aromatic rings.